The average molecular weight is 405 g/mol. The van der Waals surface area contributed by atoms with Crippen molar-refractivity contribution < 1.29 is 22.8 Å². The molecule has 2 aromatic carbocycles. The van der Waals surface area contributed by atoms with Crippen molar-refractivity contribution in [1.29, 1.82) is 0 Å². The summed E-state index contributed by atoms with van der Waals surface area (Å²) in [5.41, 5.74) is 0.189. The zero-order valence-corrected chi connectivity index (χ0v) is 15.7. The minimum Gasteiger partial charge on any atom is -0.349 e. The van der Waals surface area contributed by atoms with E-state index in [0.29, 0.717) is 24.3 Å². The molecule has 0 bridgehead atoms. The van der Waals surface area contributed by atoms with Gasteiger partial charge < -0.3 is 10.6 Å². The maximum Gasteiger partial charge on any atom is 0.416 e. The van der Waals surface area contributed by atoms with E-state index in [4.69, 9.17) is 0 Å². The fraction of sp³-hybridized carbons (Fsp3) is 0.333. The molecule has 0 unspecified atom stereocenters. The lowest BCUT2D eigenvalue weighted by molar-refractivity contribution is -0.137. The van der Waals surface area contributed by atoms with Gasteiger partial charge in [-0.1, -0.05) is 18.2 Å². The van der Waals surface area contributed by atoms with Crippen LogP contribution in [0.5, 0.6) is 0 Å². The summed E-state index contributed by atoms with van der Waals surface area (Å²) in [6.07, 6.45) is -2.94. The van der Waals surface area contributed by atoms with E-state index < -0.39 is 11.7 Å². The lowest BCUT2D eigenvalue weighted by Crippen LogP contribution is -2.46. The first-order valence-electron chi connectivity index (χ1n) is 9.36. The number of rotatable bonds is 5. The summed E-state index contributed by atoms with van der Waals surface area (Å²) in [6, 6.07) is 13.4. The van der Waals surface area contributed by atoms with Gasteiger partial charge in [-0.25, -0.2) is 0 Å². The van der Waals surface area contributed by atoms with Gasteiger partial charge in [-0.15, -0.1) is 0 Å². The Morgan fingerprint density at radius 2 is 1.59 bits per heavy atom. The molecule has 1 fully saturated rings. The first-order valence-corrected chi connectivity index (χ1v) is 9.36. The standard InChI is InChI=1S/C21H22F3N3O2/c22-21(23,24)16-6-8-17(9-7-16)25-19(28)14-27-12-10-18(11-13-27)26-20(29)15-4-2-1-3-5-15/h1-9,18H,10-14H2,(H,25,28)(H,26,29). The number of carbonyl (C=O) groups is 2. The Bertz CT molecular complexity index is 830. The van der Waals surface area contributed by atoms with Crippen molar-refractivity contribution in [2.45, 2.75) is 25.1 Å². The summed E-state index contributed by atoms with van der Waals surface area (Å²) in [6.45, 7) is 1.46. The lowest BCUT2D eigenvalue weighted by atomic mass is 10.0. The van der Waals surface area contributed by atoms with Crippen LogP contribution in [0.4, 0.5) is 18.9 Å². The van der Waals surface area contributed by atoms with Crippen LogP contribution >= 0.6 is 0 Å². The van der Waals surface area contributed by atoms with Crippen LogP contribution in [0.15, 0.2) is 54.6 Å². The first kappa shape index (κ1) is 20.9. The van der Waals surface area contributed by atoms with Gasteiger partial charge in [0, 0.05) is 30.4 Å². The first-order chi connectivity index (χ1) is 13.8. The van der Waals surface area contributed by atoms with Crippen LogP contribution in [-0.2, 0) is 11.0 Å². The molecule has 154 valence electrons. The lowest BCUT2D eigenvalue weighted by Gasteiger charge is -2.31. The second-order valence-corrected chi connectivity index (χ2v) is 7.01. The fourth-order valence-corrected chi connectivity index (χ4v) is 3.24. The van der Waals surface area contributed by atoms with Gasteiger partial charge in [-0.2, -0.15) is 13.2 Å². The smallest absolute Gasteiger partial charge is 0.349 e. The predicted molar refractivity (Wildman–Crippen MR) is 103 cm³/mol. The number of nitrogens with one attached hydrogen (secondary N) is 2. The fourth-order valence-electron chi connectivity index (χ4n) is 3.24. The molecule has 1 aliphatic rings. The molecule has 0 atom stereocenters. The molecule has 0 saturated carbocycles. The molecule has 29 heavy (non-hydrogen) atoms. The van der Waals surface area contributed by atoms with Gasteiger partial charge in [0.1, 0.15) is 0 Å². The average Bonchev–Trinajstić information content (AvgIpc) is 2.70. The molecule has 0 aliphatic carbocycles. The minimum atomic E-state index is -4.40. The third-order valence-electron chi connectivity index (χ3n) is 4.82. The van der Waals surface area contributed by atoms with Gasteiger partial charge in [-0.05, 0) is 49.2 Å². The van der Waals surface area contributed by atoms with Crippen LogP contribution < -0.4 is 10.6 Å². The van der Waals surface area contributed by atoms with Crippen molar-refractivity contribution in [3.8, 4) is 0 Å². The monoisotopic (exact) mass is 405 g/mol. The van der Waals surface area contributed by atoms with E-state index in [9.17, 15) is 22.8 Å². The van der Waals surface area contributed by atoms with Gasteiger partial charge >= 0.3 is 6.18 Å². The van der Waals surface area contributed by atoms with Crippen LogP contribution in [0.2, 0.25) is 0 Å². The van der Waals surface area contributed by atoms with Gasteiger partial charge in [0.25, 0.3) is 5.91 Å². The van der Waals surface area contributed by atoms with Gasteiger partial charge in [-0.3, -0.25) is 14.5 Å². The van der Waals surface area contributed by atoms with Crippen molar-refractivity contribution in [3.05, 3.63) is 65.7 Å². The normalized spacial score (nSPS) is 15.7. The number of nitrogens with zero attached hydrogens (tertiary/aromatic N) is 1. The molecule has 5 nitrogen and oxygen atoms in total. The Balaban J connectivity index is 1.42. The highest BCUT2D eigenvalue weighted by atomic mass is 19.4. The molecule has 8 heteroatoms. The second kappa shape index (κ2) is 9.09. The predicted octanol–water partition coefficient (Wildman–Crippen LogP) is 3.54. The van der Waals surface area contributed by atoms with E-state index in [1.807, 2.05) is 23.1 Å². The molecule has 0 radical (unpaired) electrons. The van der Waals surface area contributed by atoms with Crippen molar-refractivity contribution in [3.63, 3.8) is 0 Å². The van der Waals surface area contributed by atoms with Crippen LogP contribution in [0.1, 0.15) is 28.8 Å². The van der Waals surface area contributed by atoms with Crippen molar-refractivity contribution in [2.24, 2.45) is 0 Å². The van der Waals surface area contributed by atoms with Crippen LogP contribution in [0, 0.1) is 0 Å². The highest BCUT2D eigenvalue weighted by Gasteiger charge is 2.30. The van der Waals surface area contributed by atoms with E-state index in [1.165, 1.54) is 12.1 Å². The molecule has 1 saturated heterocycles. The van der Waals surface area contributed by atoms with Gasteiger partial charge in [0.2, 0.25) is 5.91 Å². The molecule has 2 amide bonds. The summed E-state index contributed by atoms with van der Waals surface area (Å²) < 4.78 is 37.7. The SMILES string of the molecule is O=C(CN1CCC(NC(=O)c2ccccc2)CC1)Nc1ccc(C(F)(F)F)cc1. The quantitative estimate of drug-likeness (QED) is 0.800. The Labute approximate surface area is 166 Å². The number of amides is 2. The minimum absolute atomic E-state index is 0.0527. The maximum atomic E-state index is 12.6. The third-order valence-corrected chi connectivity index (χ3v) is 4.82. The van der Waals surface area contributed by atoms with Crippen molar-refractivity contribution in [1.82, 2.24) is 10.2 Å². The number of alkyl halides is 3. The molecule has 3 rings (SSSR count). The molecule has 1 heterocycles. The van der Waals surface area contributed by atoms with E-state index in [0.717, 1.165) is 25.0 Å². The molecular formula is C21H22F3N3O2. The molecule has 2 N–H and O–H groups in total. The van der Waals surface area contributed by atoms with Crippen molar-refractivity contribution >= 4 is 17.5 Å². The topological polar surface area (TPSA) is 61.4 Å². The van der Waals surface area contributed by atoms with E-state index >= 15 is 0 Å². The zero-order valence-electron chi connectivity index (χ0n) is 15.7. The number of halogens is 3. The number of benzene rings is 2. The molecule has 1 aliphatic heterocycles. The summed E-state index contributed by atoms with van der Waals surface area (Å²) in [5, 5.41) is 5.62. The summed E-state index contributed by atoms with van der Waals surface area (Å²) in [5.74, 6) is -0.388. The Morgan fingerprint density at radius 3 is 2.17 bits per heavy atom. The highest BCUT2D eigenvalue weighted by molar-refractivity contribution is 5.94. The zero-order chi connectivity index (χ0) is 20.9. The van der Waals surface area contributed by atoms with Crippen LogP contribution in [0.3, 0.4) is 0 Å². The van der Waals surface area contributed by atoms with Crippen LogP contribution in [-0.4, -0.2) is 42.4 Å². The highest BCUT2D eigenvalue weighted by Crippen LogP contribution is 2.29. The van der Waals surface area contributed by atoms with E-state index in [2.05, 4.69) is 10.6 Å². The number of hydrogen-bond acceptors (Lipinski definition) is 3. The van der Waals surface area contributed by atoms with Crippen molar-refractivity contribution in [2.75, 3.05) is 25.0 Å². The molecule has 0 spiro atoms. The Hall–Kier alpha value is -2.87. The summed E-state index contributed by atoms with van der Waals surface area (Å²) in [7, 11) is 0. The largest absolute Gasteiger partial charge is 0.416 e. The molecule has 2 aromatic rings. The third kappa shape index (κ3) is 6.05. The Kier molecular flexibility index (Phi) is 6.53. The number of hydrogen-bond donors (Lipinski definition) is 2. The number of piperidine rings is 1. The van der Waals surface area contributed by atoms with Crippen LogP contribution in [0.25, 0.3) is 0 Å². The Morgan fingerprint density at radius 1 is 0.966 bits per heavy atom. The number of anilines is 1. The van der Waals surface area contributed by atoms with E-state index in [1.54, 1.807) is 12.1 Å². The second-order valence-electron chi connectivity index (χ2n) is 7.01. The van der Waals surface area contributed by atoms with Gasteiger partial charge in [0.15, 0.2) is 0 Å². The van der Waals surface area contributed by atoms with Gasteiger partial charge in [0.05, 0.1) is 12.1 Å². The van der Waals surface area contributed by atoms with E-state index in [-0.39, 0.29) is 24.4 Å². The summed E-state index contributed by atoms with van der Waals surface area (Å²) in [4.78, 5) is 26.3. The summed E-state index contributed by atoms with van der Waals surface area (Å²) >= 11 is 0. The number of carbonyl (C=O) groups excluding carboxylic acids is 2. The maximum absolute atomic E-state index is 12.6. The molecular weight excluding hydrogens is 383 g/mol. The molecule has 0 aromatic heterocycles. The number of likely N-dealkylation sites (tertiary alicyclic amines) is 1.